The Kier molecular flexibility index (Phi) is 4.33. The number of nitrogens with zero attached hydrogens (tertiary/aromatic N) is 3. The molecule has 1 amide bonds. The van der Waals surface area contributed by atoms with Crippen LogP contribution >= 0.6 is 0 Å². The summed E-state index contributed by atoms with van der Waals surface area (Å²) in [7, 11) is 0. The fourth-order valence-electron chi connectivity index (χ4n) is 3.25. The Bertz CT molecular complexity index is 880. The number of hydrogen-bond donors (Lipinski definition) is 2. The van der Waals surface area contributed by atoms with Gasteiger partial charge in [0.15, 0.2) is 0 Å². The van der Waals surface area contributed by atoms with E-state index in [9.17, 15) is 4.79 Å². The molecule has 1 aliphatic heterocycles. The molecule has 25 heavy (non-hydrogen) atoms. The molecule has 128 valence electrons. The molecular weight excluding hydrogens is 314 g/mol. The van der Waals surface area contributed by atoms with Crippen molar-refractivity contribution in [3.8, 4) is 0 Å². The summed E-state index contributed by atoms with van der Waals surface area (Å²) in [4.78, 5) is 19.3. The highest BCUT2D eigenvalue weighted by molar-refractivity contribution is 6.05. The van der Waals surface area contributed by atoms with Crippen LogP contribution in [0.5, 0.6) is 0 Å². The zero-order valence-electron chi connectivity index (χ0n) is 14.0. The summed E-state index contributed by atoms with van der Waals surface area (Å²) < 4.78 is 0. The third-order valence-electron chi connectivity index (χ3n) is 4.64. The Hall–Kier alpha value is -2.89. The molecule has 2 N–H and O–H groups in total. The highest BCUT2D eigenvalue weighted by atomic mass is 16.1. The SMILES string of the molecule is O=C(Nc1ccc2cn[nH]c2c1)c1ccnc(N2CCCCCC2)c1. The van der Waals surface area contributed by atoms with Crippen molar-refractivity contribution >= 4 is 28.3 Å². The molecule has 6 heteroatoms. The topological polar surface area (TPSA) is 73.9 Å². The van der Waals surface area contributed by atoms with Gasteiger partial charge in [0.1, 0.15) is 5.82 Å². The average Bonchev–Trinajstić information content (AvgIpc) is 2.93. The maximum atomic E-state index is 12.6. The Labute approximate surface area is 146 Å². The highest BCUT2D eigenvalue weighted by Crippen LogP contribution is 2.20. The molecule has 2 aromatic heterocycles. The van der Waals surface area contributed by atoms with Gasteiger partial charge in [0.2, 0.25) is 0 Å². The standard InChI is InChI=1S/C19H21N5O/c25-19(22-16-6-5-15-13-21-23-17(15)12-16)14-7-8-20-18(11-14)24-9-3-1-2-4-10-24/h5-8,11-13H,1-4,9-10H2,(H,21,23)(H,22,25). The van der Waals surface area contributed by atoms with Gasteiger partial charge in [-0.05, 0) is 43.2 Å². The lowest BCUT2D eigenvalue weighted by Gasteiger charge is -2.21. The van der Waals surface area contributed by atoms with Crippen LogP contribution in [0.4, 0.5) is 11.5 Å². The number of nitrogens with one attached hydrogen (secondary N) is 2. The second-order valence-corrected chi connectivity index (χ2v) is 6.43. The van der Waals surface area contributed by atoms with E-state index in [1.807, 2.05) is 24.3 Å². The van der Waals surface area contributed by atoms with Crippen molar-refractivity contribution in [1.82, 2.24) is 15.2 Å². The first kappa shape index (κ1) is 15.6. The largest absolute Gasteiger partial charge is 0.357 e. The third kappa shape index (κ3) is 3.47. The van der Waals surface area contributed by atoms with E-state index in [2.05, 4.69) is 25.4 Å². The second-order valence-electron chi connectivity index (χ2n) is 6.43. The molecular formula is C19H21N5O. The van der Waals surface area contributed by atoms with E-state index in [1.165, 1.54) is 25.7 Å². The van der Waals surface area contributed by atoms with Crippen LogP contribution in [-0.4, -0.2) is 34.2 Å². The molecule has 0 saturated carbocycles. The predicted octanol–water partition coefficient (Wildman–Crippen LogP) is 3.59. The van der Waals surface area contributed by atoms with Crippen molar-refractivity contribution in [2.24, 2.45) is 0 Å². The highest BCUT2D eigenvalue weighted by Gasteiger charge is 2.14. The number of anilines is 2. The molecule has 0 unspecified atom stereocenters. The summed E-state index contributed by atoms with van der Waals surface area (Å²) >= 11 is 0. The van der Waals surface area contributed by atoms with Gasteiger partial charge in [-0.3, -0.25) is 9.89 Å². The van der Waals surface area contributed by atoms with Crippen LogP contribution in [0.3, 0.4) is 0 Å². The maximum Gasteiger partial charge on any atom is 0.255 e. The number of pyridine rings is 1. The van der Waals surface area contributed by atoms with Gasteiger partial charge in [-0.15, -0.1) is 0 Å². The van der Waals surface area contributed by atoms with E-state index in [1.54, 1.807) is 18.5 Å². The van der Waals surface area contributed by atoms with Gasteiger partial charge in [0.25, 0.3) is 5.91 Å². The molecule has 0 spiro atoms. The van der Waals surface area contributed by atoms with Crippen molar-refractivity contribution in [3.05, 3.63) is 48.3 Å². The number of H-pyrrole nitrogens is 1. The van der Waals surface area contributed by atoms with E-state index in [4.69, 9.17) is 0 Å². The molecule has 3 aromatic rings. The molecule has 0 bridgehead atoms. The van der Waals surface area contributed by atoms with Gasteiger partial charge in [-0.2, -0.15) is 5.10 Å². The van der Waals surface area contributed by atoms with E-state index < -0.39 is 0 Å². The van der Waals surface area contributed by atoms with Gasteiger partial charge in [0.05, 0.1) is 11.7 Å². The minimum absolute atomic E-state index is 0.127. The summed E-state index contributed by atoms with van der Waals surface area (Å²) in [6, 6.07) is 9.34. The lowest BCUT2D eigenvalue weighted by molar-refractivity contribution is 0.102. The summed E-state index contributed by atoms with van der Waals surface area (Å²) in [5.41, 5.74) is 2.27. The lowest BCUT2D eigenvalue weighted by atomic mass is 10.2. The maximum absolute atomic E-state index is 12.6. The first-order valence-electron chi connectivity index (χ1n) is 8.75. The molecule has 1 fully saturated rings. The third-order valence-corrected chi connectivity index (χ3v) is 4.64. The first-order chi connectivity index (χ1) is 12.3. The van der Waals surface area contributed by atoms with Crippen molar-refractivity contribution in [2.75, 3.05) is 23.3 Å². The van der Waals surface area contributed by atoms with Crippen LogP contribution in [0.25, 0.3) is 10.9 Å². The molecule has 6 nitrogen and oxygen atoms in total. The monoisotopic (exact) mass is 335 g/mol. The second kappa shape index (κ2) is 6.93. The first-order valence-corrected chi connectivity index (χ1v) is 8.75. The van der Waals surface area contributed by atoms with Crippen molar-refractivity contribution in [1.29, 1.82) is 0 Å². The number of carbonyl (C=O) groups excluding carboxylic acids is 1. The fourth-order valence-corrected chi connectivity index (χ4v) is 3.25. The molecule has 4 rings (SSSR count). The minimum Gasteiger partial charge on any atom is -0.357 e. The van der Waals surface area contributed by atoms with E-state index >= 15 is 0 Å². The summed E-state index contributed by atoms with van der Waals surface area (Å²) in [5, 5.41) is 10.9. The molecule has 1 aromatic carbocycles. The van der Waals surface area contributed by atoms with Gasteiger partial charge in [-0.25, -0.2) is 4.98 Å². The molecule has 1 saturated heterocycles. The molecule has 0 aliphatic carbocycles. The number of rotatable bonds is 3. The van der Waals surface area contributed by atoms with Crippen LogP contribution in [-0.2, 0) is 0 Å². The molecule has 3 heterocycles. The fraction of sp³-hybridized carbons (Fsp3) is 0.316. The molecule has 0 radical (unpaired) electrons. The van der Waals surface area contributed by atoms with E-state index in [-0.39, 0.29) is 5.91 Å². The average molecular weight is 335 g/mol. The smallest absolute Gasteiger partial charge is 0.255 e. The van der Waals surface area contributed by atoms with Crippen molar-refractivity contribution in [2.45, 2.75) is 25.7 Å². The number of hydrogen-bond acceptors (Lipinski definition) is 4. The van der Waals surface area contributed by atoms with Crippen LogP contribution in [0.1, 0.15) is 36.0 Å². The van der Waals surface area contributed by atoms with Gasteiger partial charge < -0.3 is 10.2 Å². The number of benzene rings is 1. The Morgan fingerprint density at radius 2 is 1.92 bits per heavy atom. The van der Waals surface area contributed by atoms with Crippen molar-refractivity contribution < 1.29 is 4.79 Å². The molecule has 0 atom stereocenters. The van der Waals surface area contributed by atoms with E-state index in [0.29, 0.717) is 5.56 Å². The van der Waals surface area contributed by atoms with Gasteiger partial charge >= 0.3 is 0 Å². The molecule has 1 aliphatic rings. The predicted molar refractivity (Wildman–Crippen MR) is 99.0 cm³/mol. The van der Waals surface area contributed by atoms with Crippen molar-refractivity contribution in [3.63, 3.8) is 0 Å². The lowest BCUT2D eigenvalue weighted by Crippen LogP contribution is -2.25. The summed E-state index contributed by atoms with van der Waals surface area (Å²) in [6.07, 6.45) is 8.38. The van der Waals surface area contributed by atoms with E-state index in [0.717, 1.165) is 35.5 Å². The Balaban J connectivity index is 1.52. The van der Waals surface area contributed by atoms with Crippen LogP contribution in [0, 0.1) is 0 Å². The number of amides is 1. The Morgan fingerprint density at radius 3 is 2.76 bits per heavy atom. The number of aromatic nitrogens is 3. The quantitative estimate of drug-likeness (QED) is 0.767. The summed E-state index contributed by atoms with van der Waals surface area (Å²) in [6.45, 7) is 2.02. The Morgan fingerprint density at radius 1 is 1.08 bits per heavy atom. The number of aromatic amines is 1. The van der Waals surface area contributed by atoms with Gasteiger partial charge in [-0.1, -0.05) is 12.8 Å². The number of fused-ring (bicyclic) bond motifs is 1. The van der Waals surface area contributed by atoms with Gasteiger partial charge in [0, 0.05) is 35.9 Å². The van der Waals surface area contributed by atoms with Crippen LogP contribution in [0.2, 0.25) is 0 Å². The number of carbonyl (C=O) groups is 1. The minimum atomic E-state index is -0.127. The summed E-state index contributed by atoms with van der Waals surface area (Å²) in [5.74, 6) is 0.760. The zero-order chi connectivity index (χ0) is 17.1. The van der Waals surface area contributed by atoms with Crippen LogP contribution in [0.15, 0.2) is 42.7 Å². The zero-order valence-corrected chi connectivity index (χ0v) is 14.0. The van der Waals surface area contributed by atoms with Crippen LogP contribution < -0.4 is 10.2 Å². The normalized spacial score (nSPS) is 15.1.